The predicted molar refractivity (Wildman–Crippen MR) is 40.9 cm³/mol. The van der Waals surface area contributed by atoms with Crippen molar-refractivity contribution in [3.05, 3.63) is 0 Å². The summed E-state index contributed by atoms with van der Waals surface area (Å²) in [5, 5.41) is 18.8. The molecule has 1 aliphatic heterocycles. The summed E-state index contributed by atoms with van der Waals surface area (Å²) < 4.78 is 0. The Morgan fingerprint density at radius 3 is 2.40 bits per heavy atom. The second-order valence-corrected chi connectivity index (χ2v) is 2.33. The lowest BCUT2D eigenvalue weighted by Crippen LogP contribution is -2.36. The summed E-state index contributed by atoms with van der Waals surface area (Å²) in [5.41, 5.74) is 0. The van der Waals surface area contributed by atoms with Gasteiger partial charge in [0.1, 0.15) is 0 Å². The molecule has 1 atom stereocenters. The molecule has 0 aromatic rings. The van der Waals surface area contributed by atoms with E-state index in [4.69, 9.17) is 10.2 Å². The molecule has 1 unspecified atom stereocenters. The molecule has 1 aliphatic rings. The van der Waals surface area contributed by atoms with Crippen molar-refractivity contribution in [2.45, 2.75) is 25.3 Å². The Balaban J connectivity index is 0.000000371. The molecule has 0 saturated carbocycles. The van der Waals surface area contributed by atoms with Crippen LogP contribution in [-0.4, -0.2) is 36.5 Å². The van der Waals surface area contributed by atoms with Gasteiger partial charge < -0.3 is 15.5 Å². The van der Waals surface area contributed by atoms with Crippen LogP contribution in [-0.2, 0) is 0 Å². The fourth-order valence-corrected chi connectivity index (χ4v) is 1.08. The van der Waals surface area contributed by atoms with Crippen molar-refractivity contribution in [2.24, 2.45) is 0 Å². The Labute approximate surface area is 62.1 Å². The van der Waals surface area contributed by atoms with E-state index < -0.39 is 0 Å². The van der Waals surface area contributed by atoms with E-state index in [2.05, 4.69) is 5.32 Å². The van der Waals surface area contributed by atoms with Crippen molar-refractivity contribution in [2.75, 3.05) is 20.3 Å². The van der Waals surface area contributed by atoms with Gasteiger partial charge in [-0.25, -0.2) is 0 Å². The third-order valence-corrected chi connectivity index (χ3v) is 1.63. The molecule has 0 radical (unpaired) electrons. The third-order valence-electron chi connectivity index (χ3n) is 1.63. The van der Waals surface area contributed by atoms with Crippen molar-refractivity contribution in [1.29, 1.82) is 0 Å². The topological polar surface area (TPSA) is 52.5 Å². The Morgan fingerprint density at radius 1 is 1.40 bits per heavy atom. The molecule has 3 nitrogen and oxygen atoms in total. The molecule has 0 bridgehead atoms. The van der Waals surface area contributed by atoms with Gasteiger partial charge in [0, 0.05) is 13.2 Å². The Morgan fingerprint density at radius 2 is 2.10 bits per heavy atom. The molecule has 62 valence electrons. The quantitative estimate of drug-likeness (QED) is 0.478. The third kappa shape index (κ3) is 3.82. The van der Waals surface area contributed by atoms with Gasteiger partial charge in [0.15, 0.2) is 0 Å². The van der Waals surface area contributed by atoms with Gasteiger partial charge >= 0.3 is 0 Å². The van der Waals surface area contributed by atoms with Gasteiger partial charge in [-0.2, -0.15) is 0 Å². The predicted octanol–water partition coefficient (Wildman–Crippen LogP) is -0.271. The van der Waals surface area contributed by atoms with Crippen LogP contribution < -0.4 is 5.32 Å². The fourth-order valence-electron chi connectivity index (χ4n) is 1.08. The van der Waals surface area contributed by atoms with E-state index in [0.29, 0.717) is 12.6 Å². The van der Waals surface area contributed by atoms with E-state index in [0.717, 1.165) is 20.1 Å². The average Bonchev–Trinajstić information content (AvgIpc) is 2.10. The van der Waals surface area contributed by atoms with Crippen LogP contribution in [0.3, 0.4) is 0 Å². The molecule has 0 amide bonds. The lowest BCUT2D eigenvalue weighted by atomic mass is 10.1. The first-order chi connectivity index (χ1) is 4.93. The highest BCUT2D eigenvalue weighted by atomic mass is 16.3. The number of rotatable bonds is 1. The Hall–Kier alpha value is -0.120. The zero-order valence-electron chi connectivity index (χ0n) is 6.51. The first kappa shape index (κ1) is 9.88. The van der Waals surface area contributed by atoms with Gasteiger partial charge in [0.2, 0.25) is 0 Å². The van der Waals surface area contributed by atoms with E-state index in [9.17, 15) is 0 Å². The highest BCUT2D eigenvalue weighted by Crippen LogP contribution is 2.04. The average molecular weight is 147 g/mol. The van der Waals surface area contributed by atoms with Crippen molar-refractivity contribution in [1.82, 2.24) is 5.32 Å². The van der Waals surface area contributed by atoms with Crippen molar-refractivity contribution in [3.8, 4) is 0 Å². The summed E-state index contributed by atoms with van der Waals surface area (Å²) >= 11 is 0. The maximum atomic E-state index is 8.63. The Bertz CT molecular complexity index is 62.6. The molecule has 1 rings (SSSR count). The van der Waals surface area contributed by atoms with Crippen LogP contribution in [0.25, 0.3) is 0 Å². The van der Waals surface area contributed by atoms with Gasteiger partial charge in [0.25, 0.3) is 0 Å². The van der Waals surface area contributed by atoms with Crippen LogP contribution in [0, 0.1) is 0 Å². The van der Waals surface area contributed by atoms with Crippen molar-refractivity contribution < 1.29 is 10.2 Å². The maximum absolute atomic E-state index is 8.63. The minimum atomic E-state index is 0.306. The number of hydrogen-bond acceptors (Lipinski definition) is 3. The van der Waals surface area contributed by atoms with Crippen molar-refractivity contribution in [3.63, 3.8) is 0 Å². The van der Waals surface area contributed by atoms with E-state index in [1.165, 1.54) is 12.8 Å². The summed E-state index contributed by atoms with van der Waals surface area (Å²) in [7, 11) is 1.00. The standard InChI is InChI=1S/C6H13NO.CH4O/c8-5-6-3-1-2-4-7-6;1-2/h6-8H,1-5H2;2H,1H3. The molecule has 0 spiro atoms. The van der Waals surface area contributed by atoms with E-state index in [-0.39, 0.29) is 0 Å². The second kappa shape index (κ2) is 6.99. The van der Waals surface area contributed by atoms with Crippen LogP contribution in [0.2, 0.25) is 0 Å². The van der Waals surface area contributed by atoms with Crippen molar-refractivity contribution >= 4 is 0 Å². The molecule has 3 N–H and O–H groups in total. The molecular formula is C7H17NO2. The summed E-state index contributed by atoms with van der Waals surface area (Å²) in [5.74, 6) is 0. The van der Waals surface area contributed by atoms with Gasteiger partial charge in [-0.05, 0) is 19.4 Å². The van der Waals surface area contributed by atoms with E-state index in [1.54, 1.807) is 0 Å². The summed E-state index contributed by atoms with van der Waals surface area (Å²) in [6, 6.07) is 0.392. The lowest BCUT2D eigenvalue weighted by Gasteiger charge is -2.20. The SMILES string of the molecule is CO.OCC1CCCCN1. The largest absolute Gasteiger partial charge is 0.400 e. The molecule has 3 heteroatoms. The first-order valence-electron chi connectivity index (χ1n) is 3.72. The minimum Gasteiger partial charge on any atom is -0.400 e. The number of piperidine rings is 1. The number of hydrogen-bond donors (Lipinski definition) is 3. The molecule has 1 fully saturated rings. The summed E-state index contributed by atoms with van der Waals surface area (Å²) in [6.45, 7) is 1.39. The lowest BCUT2D eigenvalue weighted by molar-refractivity contribution is 0.220. The van der Waals surface area contributed by atoms with Crippen LogP contribution in [0.5, 0.6) is 0 Å². The van der Waals surface area contributed by atoms with E-state index in [1.807, 2.05) is 0 Å². The second-order valence-electron chi connectivity index (χ2n) is 2.33. The Kier molecular flexibility index (Phi) is 6.91. The summed E-state index contributed by atoms with van der Waals surface area (Å²) in [4.78, 5) is 0. The van der Waals surface area contributed by atoms with Crippen LogP contribution in [0.1, 0.15) is 19.3 Å². The molecular weight excluding hydrogens is 130 g/mol. The first-order valence-corrected chi connectivity index (χ1v) is 3.72. The molecule has 0 aromatic carbocycles. The number of aliphatic hydroxyl groups excluding tert-OH is 2. The van der Waals surface area contributed by atoms with Gasteiger partial charge in [-0.1, -0.05) is 6.42 Å². The molecule has 0 aliphatic carbocycles. The van der Waals surface area contributed by atoms with Gasteiger partial charge in [-0.15, -0.1) is 0 Å². The zero-order chi connectivity index (χ0) is 7.82. The summed E-state index contributed by atoms with van der Waals surface area (Å²) in [6.07, 6.45) is 3.70. The molecule has 1 saturated heterocycles. The smallest absolute Gasteiger partial charge is 0.0584 e. The minimum absolute atomic E-state index is 0.306. The molecule has 10 heavy (non-hydrogen) atoms. The maximum Gasteiger partial charge on any atom is 0.0584 e. The molecule has 1 heterocycles. The zero-order valence-corrected chi connectivity index (χ0v) is 6.51. The number of aliphatic hydroxyl groups is 2. The fraction of sp³-hybridized carbons (Fsp3) is 1.00. The highest BCUT2D eigenvalue weighted by Gasteiger charge is 2.09. The monoisotopic (exact) mass is 147 g/mol. The van der Waals surface area contributed by atoms with Crippen LogP contribution >= 0.6 is 0 Å². The van der Waals surface area contributed by atoms with Gasteiger partial charge in [-0.3, -0.25) is 0 Å². The highest BCUT2D eigenvalue weighted by molar-refractivity contribution is 4.69. The van der Waals surface area contributed by atoms with Crippen LogP contribution in [0.15, 0.2) is 0 Å². The van der Waals surface area contributed by atoms with E-state index >= 15 is 0 Å². The number of nitrogens with one attached hydrogen (secondary N) is 1. The molecule has 0 aromatic heterocycles. The normalized spacial score (nSPS) is 24.9. The van der Waals surface area contributed by atoms with Gasteiger partial charge in [0.05, 0.1) is 6.61 Å². The van der Waals surface area contributed by atoms with Crippen LogP contribution in [0.4, 0.5) is 0 Å².